The third-order valence-corrected chi connectivity index (χ3v) is 3.23. The normalized spacial score (nSPS) is 15.9. The maximum absolute atomic E-state index is 11.7. The summed E-state index contributed by atoms with van der Waals surface area (Å²) in [4.78, 5) is 11.7. The van der Waals surface area contributed by atoms with Crippen molar-refractivity contribution in [2.24, 2.45) is 5.73 Å². The molecule has 3 nitrogen and oxygen atoms in total. The number of benzene rings is 1. The average molecular weight is 255 g/mol. The van der Waals surface area contributed by atoms with Crippen LogP contribution in [0.1, 0.15) is 30.9 Å². The number of amides is 1. The van der Waals surface area contributed by atoms with Gasteiger partial charge in [-0.15, -0.1) is 12.4 Å². The van der Waals surface area contributed by atoms with Crippen LogP contribution in [0.25, 0.3) is 0 Å². The fourth-order valence-electron chi connectivity index (χ4n) is 1.75. The van der Waals surface area contributed by atoms with Crippen molar-refractivity contribution in [1.82, 2.24) is 0 Å². The van der Waals surface area contributed by atoms with Crippen LogP contribution < -0.4 is 11.1 Å². The van der Waals surface area contributed by atoms with Gasteiger partial charge in [0.1, 0.15) is 0 Å². The standard InChI is InChI=1S/C13H18N2O.ClH/c1-3-10-8-11(5-4-9(10)2)15-12(16)13(14)6-7-13;/h4-5,8H,3,6-7,14H2,1-2H3,(H,15,16);1H. The summed E-state index contributed by atoms with van der Waals surface area (Å²) < 4.78 is 0. The summed E-state index contributed by atoms with van der Waals surface area (Å²) in [6.45, 7) is 4.19. The Balaban J connectivity index is 0.00000144. The van der Waals surface area contributed by atoms with E-state index in [4.69, 9.17) is 5.73 Å². The summed E-state index contributed by atoms with van der Waals surface area (Å²) in [7, 11) is 0. The Morgan fingerprint density at radius 2 is 2.12 bits per heavy atom. The molecule has 94 valence electrons. The molecule has 1 aromatic carbocycles. The molecule has 0 bridgehead atoms. The third kappa shape index (κ3) is 2.99. The zero-order chi connectivity index (χ0) is 11.8. The molecule has 0 unspecified atom stereocenters. The van der Waals surface area contributed by atoms with Crippen molar-refractivity contribution in [1.29, 1.82) is 0 Å². The molecule has 0 aromatic heterocycles. The second-order valence-electron chi connectivity index (χ2n) is 4.61. The minimum atomic E-state index is -0.600. The molecule has 0 spiro atoms. The highest BCUT2D eigenvalue weighted by Gasteiger charge is 2.45. The molecule has 0 saturated heterocycles. The molecule has 0 heterocycles. The van der Waals surface area contributed by atoms with Gasteiger partial charge in [-0.2, -0.15) is 0 Å². The molecule has 1 amide bonds. The fourth-order valence-corrected chi connectivity index (χ4v) is 1.75. The lowest BCUT2D eigenvalue weighted by atomic mass is 10.1. The van der Waals surface area contributed by atoms with Crippen LogP contribution in [-0.2, 0) is 11.2 Å². The Kier molecular flexibility index (Phi) is 4.17. The molecule has 3 N–H and O–H groups in total. The van der Waals surface area contributed by atoms with Gasteiger partial charge in [0, 0.05) is 5.69 Å². The van der Waals surface area contributed by atoms with E-state index in [-0.39, 0.29) is 18.3 Å². The highest BCUT2D eigenvalue weighted by Crippen LogP contribution is 2.33. The van der Waals surface area contributed by atoms with Gasteiger partial charge in [0.25, 0.3) is 0 Å². The molecule has 1 saturated carbocycles. The maximum atomic E-state index is 11.7. The molecule has 17 heavy (non-hydrogen) atoms. The minimum Gasteiger partial charge on any atom is -0.324 e. The van der Waals surface area contributed by atoms with Crippen LogP contribution in [0.15, 0.2) is 18.2 Å². The summed E-state index contributed by atoms with van der Waals surface area (Å²) in [5, 5.41) is 2.88. The number of rotatable bonds is 3. The quantitative estimate of drug-likeness (QED) is 0.870. The molecule has 4 heteroatoms. The molecule has 1 aliphatic rings. The third-order valence-electron chi connectivity index (χ3n) is 3.23. The zero-order valence-corrected chi connectivity index (χ0v) is 11.1. The lowest BCUT2D eigenvalue weighted by Gasteiger charge is -2.12. The van der Waals surface area contributed by atoms with Crippen LogP contribution in [-0.4, -0.2) is 11.4 Å². The van der Waals surface area contributed by atoms with E-state index in [1.165, 1.54) is 11.1 Å². The highest BCUT2D eigenvalue weighted by atomic mass is 35.5. The largest absolute Gasteiger partial charge is 0.324 e. The number of nitrogens with two attached hydrogens (primary N) is 1. The van der Waals surface area contributed by atoms with Gasteiger partial charge in [-0.25, -0.2) is 0 Å². The Bertz CT molecular complexity index is 427. The predicted molar refractivity (Wildman–Crippen MR) is 72.6 cm³/mol. The van der Waals surface area contributed by atoms with Crippen molar-refractivity contribution >= 4 is 24.0 Å². The van der Waals surface area contributed by atoms with Crippen LogP contribution in [0.3, 0.4) is 0 Å². The van der Waals surface area contributed by atoms with Gasteiger partial charge in [0.2, 0.25) is 5.91 Å². The van der Waals surface area contributed by atoms with Gasteiger partial charge in [0.05, 0.1) is 5.54 Å². The number of carbonyl (C=O) groups is 1. The smallest absolute Gasteiger partial charge is 0.244 e. The van der Waals surface area contributed by atoms with Crippen molar-refractivity contribution < 1.29 is 4.79 Å². The van der Waals surface area contributed by atoms with Gasteiger partial charge >= 0.3 is 0 Å². The van der Waals surface area contributed by atoms with E-state index >= 15 is 0 Å². The van der Waals surface area contributed by atoms with Crippen LogP contribution in [0.2, 0.25) is 0 Å². The number of nitrogens with one attached hydrogen (secondary N) is 1. The summed E-state index contributed by atoms with van der Waals surface area (Å²) in [6.07, 6.45) is 2.57. The second kappa shape index (κ2) is 5.07. The molecule has 1 aliphatic carbocycles. The van der Waals surface area contributed by atoms with Crippen LogP contribution in [0.5, 0.6) is 0 Å². The first-order valence-corrected chi connectivity index (χ1v) is 5.75. The Morgan fingerprint density at radius 1 is 1.47 bits per heavy atom. The van der Waals surface area contributed by atoms with Crippen LogP contribution in [0, 0.1) is 6.92 Å². The van der Waals surface area contributed by atoms with Crippen molar-refractivity contribution in [3.63, 3.8) is 0 Å². The van der Waals surface area contributed by atoms with E-state index in [0.29, 0.717) is 0 Å². The molecule has 0 atom stereocenters. The minimum absolute atomic E-state index is 0. The first kappa shape index (κ1) is 14.0. The van der Waals surface area contributed by atoms with E-state index in [9.17, 15) is 4.79 Å². The topological polar surface area (TPSA) is 55.1 Å². The van der Waals surface area contributed by atoms with E-state index in [1.807, 2.05) is 18.2 Å². The molecule has 1 fully saturated rings. The van der Waals surface area contributed by atoms with E-state index in [2.05, 4.69) is 19.2 Å². The van der Waals surface area contributed by atoms with Gasteiger partial charge in [-0.05, 0) is 49.4 Å². The van der Waals surface area contributed by atoms with Gasteiger partial charge in [0.15, 0.2) is 0 Å². The molecule has 2 rings (SSSR count). The van der Waals surface area contributed by atoms with Gasteiger partial charge in [-0.3, -0.25) is 4.79 Å². The number of aryl methyl sites for hydroxylation is 2. The first-order valence-electron chi connectivity index (χ1n) is 5.75. The zero-order valence-electron chi connectivity index (χ0n) is 10.2. The lowest BCUT2D eigenvalue weighted by molar-refractivity contribution is -0.118. The van der Waals surface area contributed by atoms with E-state index in [0.717, 1.165) is 24.9 Å². The van der Waals surface area contributed by atoms with Crippen molar-refractivity contribution in [3.8, 4) is 0 Å². The molecule has 0 radical (unpaired) electrons. The molecule has 0 aliphatic heterocycles. The summed E-state index contributed by atoms with van der Waals surface area (Å²) in [5.74, 6) is -0.0570. The van der Waals surface area contributed by atoms with Crippen molar-refractivity contribution in [2.45, 2.75) is 38.6 Å². The van der Waals surface area contributed by atoms with Crippen molar-refractivity contribution in [3.05, 3.63) is 29.3 Å². The summed E-state index contributed by atoms with van der Waals surface area (Å²) in [5.41, 5.74) is 8.60. The number of anilines is 1. The van der Waals surface area contributed by atoms with E-state index in [1.54, 1.807) is 0 Å². The fraction of sp³-hybridized carbons (Fsp3) is 0.462. The average Bonchev–Trinajstić information content (AvgIpc) is 3.01. The summed E-state index contributed by atoms with van der Waals surface area (Å²) >= 11 is 0. The molecule has 1 aromatic rings. The monoisotopic (exact) mass is 254 g/mol. The van der Waals surface area contributed by atoms with Crippen molar-refractivity contribution in [2.75, 3.05) is 5.32 Å². The SMILES string of the molecule is CCc1cc(NC(=O)C2(N)CC2)ccc1C.Cl. The Morgan fingerprint density at radius 3 is 2.65 bits per heavy atom. The van der Waals surface area contributed by atoms with Gasteiger partial charge in [-0.1, -0.05) is 13.0 Å². The second-order valence-corrected chi connectivity index (χ2v) is 4.61. The summed E-state index contributed by atoms with van der Waals surface area (Å²) in [6, 6.07) is 5.99. The maximum Gasteiger partial charge on any atom is 0.244 e. The lowest BCUT2D eigenvalue weighted by Crippen LogP contribution is -2.37. The Hall–Kier alpha value is -1.06. The number of carbonyl (C=O) groups excluding carboxylic acids is 1. The predicted octanol–water partition coefficient (Wildman–Crippen LogP) is 2.41. The molecular weight excluding hydrogens is 236 g/mol. The first-order chi connectivity index (χ1) is 7.55. The van der Waals surface area contributed by atoms with Crippen LogP contribution in [0.4, 0.5) is 5.69 Å². The highest BCUT2D eigenvalue weighted by molar-refractivity contribution is 6.00. The Labute approximate surface area is 108 Å². The number of hydrogen-bond acceptors (Lipinski definition) is 2. The number of hydrogen-bond donors (Lipinski definition) is 2. The number of halogens is 1. The van der Waals surface area contributed by atoms with Gasteiger partial charge < -0.3 is 11.1 Å². The molecular formula is C13H19ClN2O. The van der Waals surface area contributed by atoms with Crippen LogP contribution >= 0.6 is 12.4 Å². The van der Waals surface area contributed by atoms with E-state index < -0.39 is 5.54 Å².